The Labute approximate surface area is 395 Å². The number of carbonyl (C=O) groups is 4. The molecule has 2 saturated carbocycles. The lowest BCUT2D eigenvalue weighted by atomic mass is 9.79. The molecule has 67 heavy (non-hydrogen) atoms. The number of nitriles is 1. The van der Waals surface area contributed by atoms with Crippen LogP contribution in [0.25, 0.3) is 10.1 Å². The zero-order valence-corrected chi connectivity index (χ0v) is 40.1. The predicted molar refractivity (Wildman–Crippen MR) is 254 cm³/mol. The lowest BCUT2D eigenvalue weighted by Gasteiger charge is -2.46. The van der Waals surface area contributed by atoms with Crippen LogP contribution < -0.4 is 14.9 Å². The highest BCUT2D eigenvalue weighted by atomic mass is 32.1. The minimum absolute atomic E-state index is 0.00414. The average Bonchev–Trinajstić information content (AvgIpc) is 3.59. The Bertz CT molecular complexity index is 2570. The van der Waals surface area contributed by atoms with Crippen molar-refractivity contribution in [3.8, 4) is 11.8 Å². The Morgan fingerprint density at radius 3 is 2.42 bits per heavy atom. The number of hydrogen-bond donors (Lipinski definition) is 2. The van der Waals surface area contributed by atoms with E-state index in [1.54, 1.807) is 42.5 Å². The van der Waals surface area contributed by atoms with Crippen LogP contribution in [-0.2, 0) is 23.7 Å². The molecular weight excluding hydrogens is 891 g/mol. The molecule has 0 bridgehead atoms. The number of ether oxygens (including phenoxy) is 1. The fraction of sp³-hybridized carbons (Fsp3) is 0.510. The van der Waals surface area contributed by atoms with E-state index in [0.717, 1.165) is 32.1 Å². The van der Waals surface area contributed by atoms with Crippen molar-refractivity contribution < 1.29 is 37.4 Å². The number of likely N-dealkylation sites (tertiary alicyclic amines) is 1. The summed E-state index contributed by atoms with van der Waals surface area (Å²) >= 11 is 1.19. The largest absolute Gasteiger partial charge is 0.465 e. The molecule has 1 unspecified atom stereocenters. The van der Waals surface area contributed by atoms with Crippen LogP contribution >= 0.6 is 18.9 Å². The van der Waals surface area contributed by atoms with Gasteiger partial charge in [-0.1, -0.05) is 61.5 Å². The third-order valence-corrected chi connectivity index (χ3v) is 18.1. The first kappa shape index (κ1) is 47.0. The van der Waals surface area contributed by atoms with Crippen LogP contribution in [0.5, 0.6) is 5.75 Å². The molecule has 0 radical (unpaired) electrons. The van der Waals surface area contributed by atoms with Crippen molar-refractivity contribution in [3.63, 3.8) is 0 Å². The number of hydrogen-bond acceptors (Lipinski definition) is 10. The number of nitrogens with one attached hydrogen (secondary N) is 2. The molecule has 3 saturated heterocycles. The summed E-state index contributed by atoms with van der Waals surface area (Å²) in [5.41, 5.74) is 1.07. The van der Waals surface area contributed by atoms with E-state index in [1.165, 1.54) is 36.0 Å². The Hall–Kier alpha value is -5.13. The molecule has 5 aliphatic rings. The number of amides is 3. The SMILES string of the molecule is CCCOC(=O)[C@H](C)NP(=O)(Oc1ccccc1)[C@@H](F)c1ccc2sc(C(=O)N[C@H]3CC[C@H](N(C)C4CC(C#N)C4)C[C@H]4CC[C@@H](C(=O)N5C[C@H](c6ccccc6)CC56CC6)N4C3=O)cc2c1. The summed E-state index contributed by atoms with van der Waals surface area (Å²) in [4.78, 5) is 63.4. The van der Waals surface area contributed by atoms with E-state index in [-0.39, 0.29) is 65.2 Å². The number of thiophene rings is 1. The summed E-state index contributed by atoms with van der Waals surface area (Å²) in [5.74, 6) is -3.17. The third kappa shape index (κ3) is 9.65. The van der Waals surface area contributed by atoms with Crippen molar-refractivity contribution in [1.29, 1.82) is 5.26 Å². The van der Waals surface area contributed by atoms with E-state index in [2.05, 4.69) is 45.5 Å². The molecule has 3 aliphatic heterocycles. The zero-order valence-electron chi connectivity index (χ0n) is 38.4. The second-order valence-electron chi connectivity index (χ2n) is 19.4. The summed E-state index contributed by atoms with van der Waals surface area (Å²) in [5, 5.41) is 15.8. The fourth-order valence-corrected chi connectivity index (χ4v) is 13.8. The first-order valence-corrected chi connectivity index (χ1v) is 26.4. The van der Waals surface area contributed by atoms with E-state index in [4.69, 9.17) is 9.26 Å². The number of nitrogens with zero attached hydrogens (tertiary/aromatic N) is 4. The van der Waals surface area contributed by atoms with Crippen molar-refractivity contribution in [2.75, 3.05) is 20.2 Å². The van der Waals surface area contributed by atoms with Gasteiger partial charge in [-0.15, -0.1) is 11.3 Å². The number of para-hydroxylation sites is 1. The van der Waals surface area contributed by atoms with Gasteiger partial charge in [0, 0.05) is 46.7 Å². The van der Waals surface area contributed by atoms with Crippen LogP contribution in [0.15, 0.2) is 84.9 Å². The summed E-state index contributed by atoms with van der Waals surface area (Å²) in [7, 11) is -2.38. The predicted octanol–water partition coefficient (Wildman–Crippen LogP) is 8.87. The lowest BCUT2D eigenvalue weighted by Crippen LogP contribution is -2.59. The van der Waals surface area contributed by atoms with Gasteiger partial charge in [-0.2, -0.15) is 5.26 Å². The van der Waals surface area contributed by atoms with Gasteiger partial charge in [-0.05, 0) is 131 Å². The van der Waals surface area contributed by atoms with Crippen LogP contribution in [-0.4, -0.2) is 100 Å². The molecule has 1 aromatic heterocycles. The number of esters is 1. The van der Waals surface area contributed by atoms with E-state index in [1.807, 2.05) is 30.0 Å². The maximum Gasteiger partial charge on any atom is 0.355 e. The average molecular weight is 951 g/mol. The second kappa shape index (κ2) is 19.5. The monoisotopic (exact) mass is 950 g/mol. The van der Waals surface area contributed by atoms with E-state index >= 15 is 4.39 Å². The van der Waals surface area contributed by atoms with Crippen molar-refractivity contribution >= 4 is 52.6 Å². The summed E-state index contributed by atoms with van der Waals surface area (Å²) in [6, 6.07) is 24.7. The van der Waals surface area contributed by atoms with Crippen LogP contribution in [0.4, 0.5) is 4.39 Å². The molecular formula is C51H60FN6O7PS. The summed E-state index contributed by atoms with van der Waals surface area (Å²) in [6.45, 7) is 4.07. The summed E-state index contributed by atoms with van der Waals surface area (Å²) in [6.07, 6.45) is 8.00. The smallest absolute Gasteiger partial charge is 0.355 e. The first-order valence-electron chi connectivity index (χ1n) is 23.9. The second-order valence-corrected chi connectivity index (χ2v) is 22.5. The van der Waals surface area contributed by atoms with Crippen molar-refractivity contribution in [2.24, 2.45) is 5.92 Å². The molecule has 1 spiro atoms. The molecule has 16 heteroatoms. The van der Waals surface area contributed by atoms with Crippen LogP contribution in [0.1, 0.15) is 117 Å². The lowest BCUT2D eigenvalue weighted by molar-refractivity contribution is -0.148. The number of carbonyl (C=O) groups excluding carboxylic acids is 4. The minimum atomic E-state index is -4.48. The molecule has 3 aromatic carbocycles. The molecule has 3 amide bonds. The van der Waals surface area contributed by atoms with Crippen LogP contribution in [0, 0.1) is 17.2 Å². The van der Waals surface area contributed by atoms with Crippen molar-refractivity contribution in [3.05, 3.63) is 101 Å². The van der Waals surface area contributed by atoms with Gasteiger partial charge in [-0.3, -0.25) is 23.7 Å². The topological polar surface area (TPSA) is 161 Å². The van der Waals surface area contributed by atoms with Gasteiger partial charge in [0.25, 0.3) is 5.91 Å². The molecule has 2 aliphatic carbocycles. The Kier molecular flexibility index (Phi) is 13.6. The maximum atomic E-state index is 16.7. The highest BCUT2D eigenvalue weighted by molar-refractivity contribution is 7.57. The molecule has 8 atom stereocenters. The van der Waals surface area contributed by atoms with Gasteiger partial charge >= 0.3 is 13.5 Å². The molecule has 9 rings (SSSR count). The van der Waals surface area contributed by atoms with Gasteiger partial charge in [-0.25, -0.2) is 9.48 Å². The first-order chi connectivity index (χ1) is 32.3. The van der Waals surface area contributed by atoms with Gasteiger partial charge < -0.3 is 29.3 Å². The van der Waals surface area contributed by atoms with Gasteiger partial charge in [0.1, 0.15) is 23.9 Å². The fourth-order valence-electron chi connectivity index (χ4n) is 10.9. The third-order valence-electron chi connectivity index (χ3n) is 14.9. The Balaban J connectivity index is 0.954. The molecule has 2 N–H and O–H groups in total. The van der Waals surface area contributed by atoms with Crippen LogP contribution in [0.3, 0.4) is 0 Å². The number of alkyl halides is 1. The molecule has 13 nitrogen and oxygen atoms in total. The Morgan fingerprint density at radius 2 is 1.72 bits per heavy atom. The zero-order chi connectivity index (χ0) is 47.0. The van der Waals surface area contributed by atoms with Crippen LogP contribution in [0.2, 0.25) is 0 Å². The number of fused-ring (bicyclic) bond motifs is 2. The van der Waals surface area contributed by atoms with Gasteiger partial charge in [0.2, 0.25) is 17.7 Å². The quantitative estimate of drug-likeness (QED) is 0.0870. The highest BCUT2D eigenvalue weighted by Crippen LogP contribution is 2.58. The molecule has 4 aromatic rings. The van der Waals surface area contributed by atoms with Gasteiger partial charge in [0.15, 0.2) is 0 Å². The highest BCUT2D eigenvalue weighted by Gasteiger charge is 2.59. The summed E-state index contributed by atoms with van der Waals surface area (Å²) < 4.78 is 42.9. The normalized spacial score (nSPS) is 27.2. The number of halogens is 1. The van der Waals surface area contributed by atoms with Gasteiger partial charge in [0.05, 0.1) is 17.6 Å². The molecule has 5 fully saturated rings. The van der Waals surface area contributed by atoms with E-state index < -0.39 is 43.4 Å². The van der Waals surface area contributed by atoms with Crippen molar-refractivity contribution in [1.82, 2.24) is 25.1 Å². The molecule has 4 heterocycles. The minimum Gasteiger partial charge on any atom is -0.465 e. The molecule has 354 valence electrons. The number of rotatable bonds is 15. The number of benzene rings is 3. The van der Waals surface area contributed by atoms with Crippen molar-refractivity contribution in [2.45, 2.75) is 138 Å². The maximum absolute atomic E-state index is 16.7. The Morgan fingerprint density at radius 1 is 0.985 bits per heavy atom. The van der Waals surface area contributed by atoms with E-state index in [9.17, 15) is 29.0 Å². The van der Waals surface area contributed by atoms with E-state index in [0.29, 0.717) is 60.0 Å². The standard InChI is InChI=1S/C51H60FN6O7PS/c1-4-23-64-50(62)32(2)55-66(63,65-41-13-9-6-10-14-41)46(52)35-15-20-44-36(26-35)27-45(67-44)47(59)54-42-18-16-38(56(3)40-24-33(25-40)30-53)28-39-17-19-43(58(39)48(42)60)49(61)57-31-37(29-51(57)21-22-51)34-11-7-5-8-12-34/h5-15,20,26-27,32-33,37-40,42-43,46H,4,16-19,21-25,28-29,31H2,1-3H3,(H,54,59)(H,55,63)/t32-,33?,37+,38-,39+,40?,42-,43-,46+,66?/m0/s1.